The Morgan fingerprint density at radius 3 is 2.58 bits per heavy atom. The lowest BCUT2D eigenvalue weighted by Crippen LogP contribution is -2.37. The van der Waals surface area contributed by atoms with Gasteiger partial charge >= 0.3 is 0 Å². The van der Waals surface area contributed by atoms with Crippen LogP contribution >= 0.6 is 0 Å². The van der Waals surface area contributed by atoms with Gasteiger partial charge in [-0.15, -0.1) is 0 Å². The summed E-state index contributed by atoms with van der Waals surface area (Å²) in [6, 6.07) is 23.5. The van der Waals surface area contributed by atoms with E-state index in [1.165, 1.54) is 11.8 Å². The van der Waals surface area contributed by atoms with Crippen molar-refractivity contribution in [3.05, 3.63) is 108 Å². The molecule has 0 aliphatic heterocycles. The molecule has 5 nitrogen and oxygen atoms in total. The molecule has 2 N–H and O–H groups in total. The Kier molecular flexibility index (Phi) is 6.90. The summed E-state index contributed by atoms with van der Waals surface area (Å²) in [5.74, 6) is 0.316. The minimum atomic E-state index is -0.0797. The number of hydrogen-bond acceptors (Lipinski definition) is 4. The first kappa shape index (κ1) is 23.9. The van der Waals surface area contributed by atoms with Gasteiger partial charge in [0.25, 0.3) is 5.91 Å². The van der Waals surface area contributed by atoms with Crippen LogP contribution in [-0.4, -0.2) is 22.8 Å². The number of carbonyl (C=O) groups excluding carboxylic acids is 1. The van der Waals surface area contributed by atoms with Gasteiger partial charge in [-0.2, -0.15) is 0 Å². The van der Waals surface area contributed by atoms with Crippen LogP contribution in [0.25, 0.3) is 0 Å². The summed E-state index contributed by atoms with van der Waals surface area (Å²) in [7, 11) is 0. The number of aliphatic imine (C=N–C) groups is 1. The first-order valence-corrected chi connectivity index (χ1v) is 12.7. The average molecular weight is 477 g/mol. The van der Waals surface area contributed by atoms with E-state index in [0.717, 1.165) is 42.6 Å². The third-order valence-corrected chi connectivity index (χ3v) is 7.91. The van der Waals surface area contributed by atoms with Crippen molar-refractivity contribution in [1.29, 1.82) is 5.41 Å². The van der Waals surface area contributed by atoms with Crippen molar-refractivity contribution < 1.29 is 4.79 Å². The molecule has 5 rings (SSSR count). The zero-order valence-corrected chi connectivity index (χ0v) is 20.6. The second-order valence-corrected chi connectivity index (χ2v) is 10.1. The molecule has 4 atom stereocenters. The number of nitrogens with one attached hydrogen (secondary N) is 2. The van der Waals surface area contributed by atoms with Crippen LogP contribution in [0.2, 0.25) is 0 Å². The fraction of sp³-hybridized carbons (Fsp3) is 0.290. The SMILES string of the molecule is CC12CC(C=N)C(=Nc3cccnc3)C=C1CCC2CC(NC(=O)c1ccccc1)c1ccccc1. The van der Waals surface area contributed by atoms with E-state index in [0.29, 0.717) is 11.5 Å². The summed E-state index contributed by atoms with van der Waals surface area (Å²) in [4.78, 5) is 22.1. The van der Waals surface area contributed by atoms with Crippen molar-refractivity contribution in [2.75, 3.05) is 0 Å². The van der Waals surface area contributed by atoms with E-state index in [-0.39, 0.29) is 23.3 Å². The van der Waals surface area contributed by atoms with Crippen molar-refractivity contribution in [2.45, 2.75) is 38.6 Å². The van der Waals surface area contributed by atoms with Crippen LogP contribution in [0.5, 0.6) is 0 Å². The summed E-state index contributed by atoms with van der Waals surface area (Å²) in [5.41, 5.74) is 4.95. The first-order chi connectivity index (χ1) is 17.6. The molecular formula is C31H32N4O. The Bertz CT molecular complexity index is 1270. The Balaban J connectivity index is 1.41. The molecule has 2 aromatic carbocycles. The lowest BCUT2D eigenvalue weighted by Gasteiger charge is -2.40. The molecule has 0 saturated heterocycles. The normalized spacial score (nSPS) is 25.0. The highest BCUT2D eigenvalue weighted by Crippen LogP contribution is 2.56. The Morgan fingerprint density at radius 1 is 1.14 bits per heavy atom. The van der Waals surface area contributed by atoms with Crippen molar-refractivity contribution >= 4 is 23.5 Å². The smallest absolute Gasteiger partial charge is 0.251 e. The number of nitrogens with zero attached hydrogens (tertiary/aromatic N) is 2. The first-order valence-electron chi connectivity index (χ1n) is 12.7. The van der Waals surface area contributed by atoms with E-state index in [2.05, 4.69) is 35.4 Å². The summed E-state index contributed by atoms with van der Waals surface area (Å²) >= 11 is 0. The number of fused-ring (bicyclic) bond motifs is 1. The molecule has 1 heterocycles. The van der Waals surface area contributed by atoms with Gasteiger partial charge < -0.3 is 10.7 Å². The monoisotopic (exact) mass is 476 g/mol. The average Bonchev–Trinajstić information content (AvgIpc) is 3.24. The lowest BCUT2D eigenvalue weighted by atomic mass is 9.65. The molecule has 0 radical (unpaired) electrons. The lowest BCUT2D eigenvalue weighted by molar-refractivity contribution is 0.0922. The largest absolute Gasteiger partial charge is 0.345 e. The number of allylic oxidation sites excluding steroid dienone is 2. The molecule has 5 heteroatoms. The minimum Gasteiger partial charge on any atom is -0.345 e. The summed E-state index contributed by atoms with van der Waals surface area (Å²) in [6.07, 6.45) is 11.1. The third-order valence-electron chi connectivity index (χ3n) is 7.91. The van der Waals surface area contributed by atoms with E-state index < -0.39 is 0 Å². The molecule has 36 heavy (non-hydrogen) atoms. The third kappa shape index (κ3) is 4.92. The fourth-order valence-corrected chi connectivity index (χ4v) is 5.86. The second-order valence-electron chi connectivity index (χ2n) is 10.1. The van der Waals surface area contributed by atoms with Gasteiger partial charge in [-0.05, 0) is 72.9 Å². The molecule has 182 valence electrons. The Hall–Kier alpha value is -3.86. The molecule has 4 unspecified atom stereocenters. The molecule has 1 amide bonds. The van der Waals surface area contributed by atoms with Gasteiger partial charge in [-0.25, -0.2) is 0 Å². The van der Waals surface area contributed by atoms with Crippen molar-refractivity contribution in [1.82, 2.24) is 10.3 Å². The topological polar surface area (TPSA) is 78.2 Å². The van der Waals surface area contributed by atoms with Gasteiger partial charge in [0.1, 0.15) is 0 Å². The van der Waals surface area contributed by atoms with Crippen LogP contribution in [0.3, 0.4) is 0 Å². The van der Waals surface area contributed by atoms with E-state index in [9.17, 15) is 4.79 Å². The minimum absolute atomic E-state index is 0.0271. The summed E-state index contributed by atoms with van der Waals surface area (Å²) < 4.78 is 0. The van der Waals surface area contributed by atoms with Gasteiger partial charge in [0.15, 0.2) is 0 Å². The van der Waals surface area contributed by atoms with Gasteiger partial charge in [0.05, 0.1) is 17.9 Å². The van der Waals surface area contributed by atoms with Crippen LogP contribution in [0.15, 0.2) is 102 Å². The van der Waals surface area contributed by atoms with E-state index in [1.54, 1.807) is 12.4 Å². The summed E-state index contributed by atoms with van der Waals surface area (Å²) in [6.45, 7) is 2.34. The molecule has 0 spiro atoms. The Labute approximate surface area is 212 Å². The van der Waals surface area contributed by atoms with Crippen molar-refractivity contribution in [3.8, 4) is 0 Å². The van der Waals surface area contributed by atoms with Crippen molar-refractivity contribution in [3.63, 3.8) is 0 Å². The highest BCUT2D eigenvalue weighted by molar-refractivity contribution is 6.07. The van der Waals surface area contributed by atoms with Gasteiger partial charge in [0.2, 0.25) is 0 Å². The molecule has 0 bridgehead atoms. The van der Waals surface area contributed by atoms with E-state index in [1.807, 2.05) is 60.7 Å². The molecule has 1 fully saturated rings. The van der Waals surface area contributed by atoms with Crippen molar-refractivity contribution in [2.24, 2.45) is 22.2 Å². The quantitative estimate of drug-likeness (QED) is 0.371. The van der Waals surface area contributed by atoms with Gasteiger partial charge in [-0.1, -0.05) is 61.0 Å². The van der Waals surface area contributed by atoms with Gasteiger partial charge in [-0.3, -0.25) is 14.8 Å². The maximum absolute atomic E-state index is 13.1. The standard InChI is InChI=1S/C31H32N4O/c1-31-19-24(20-32)29(34-27-13-8-16-33-21-27)18-26(31)15-14-25(31)17-28(22-9-4-2-5-10-22)35-30(36)23-11-6-3-7-12-23/h2-13,16,18,20-21,24-25,28,32H,14-15,17,19H2,1H3,(H,35,36). The zero-order valence-electron chi connectivity index (χ0n) is 20.6. The zero-order chi connectivity index (χ0) is 25.0. The number of amides is 1. The molecule has 2 aliphatic rings. The van der Waals surface area contributed by atoms with Crippen LogP contribution in [0.4, 0.5) is 5.69 Å². The predicted octanol–water partition coefficient (Wildman–Crippen LogP) is 6.73. The molecule has 1 aromatic heterocycles. The van der Waals surface area contributed by atoms with Crippen LogP contribution in [-0.2, 0) is 0 Å². The maximum Gasteiger partial charge on any atom is 0.251 e. The van der Waals surface area contributed by atoms with Crippen LogP contribution in [0.1, 0.15) is 54.6 Å². The Morgan fingerprint density at radius 2 is 1.89 bits per heavy atom. The number of benzene rings is 2. The molecule has 2 aliphatic carbocycles. The molecule has 1 saturated carbocycles. The van der Waals surface area contributed by atoms with E-state index >= 15 is 0 Å². The molecular weight excluding hydrogens is 444 g/mol. The van der Waals surface area contributed by atoms with Crippen LogP contribution < -0.4 is 5.32 Å². The number of hydrogen-bond donors (Lipinski definition) is 2. The molecule has 3 aromatic rings. The van der Waals surface area contributed by atoms with Crippen LogP contribution in [0, 0.1) is 22.7 Å². The van der Waals surface area contributed by atoms with Gasteiger partial charge in [0, 0.05) is 29.6 Å². The number of carbonyl (C=O) groups is 1. The maximum atomic E-state index is 13.1. The van der Waals surface area contributed by atoms with E-state index in [4.69, 9.17) is 10.4 Å². The predicted molar refractivity (Wildman–Crippen MR) is 145 cm³/mol. The number of rotatable bonds is 7. The fourth-order valence-electron chi connectivity index (χ4n) is 5.86. The summed E-state index contributed by atoms with van der Waals surface area (Å²) in [5, 5.41) is 11.5. The highest BCUT2D eigenvalue weighted by atomic mass is 16.1. The number of pyridine rings is 1. The second kappa shape index (κ2) is 10.4. The highest BCUT2D eigenvalue weighted by Gasteiger charge is 2.47. The number of aromatic nitrogens is 1.